The number of piperidine rings is 2. The van der Waals surface area contributed by atoms with Gasteiger partial charge in [-0.15, -0.1) is 0 Å². The zero-order chi connectivity index (χ0) is 24.3. The summed E-state index contributed by atoms with van der Waals surface area (Å²) in [7, 11) is 0. The smallest absolute Gasteiger partial charge is 0.0645 e. The number of ether oxygens (including phenoxy) is 2. The Morgan fingerprint density at radius 1 is 0.657 bits per heavy atom. The molecule has 0 aromatic heterocycles. The van der Waals surface area contributed by atoms with Crippen LogP contribution in [0.4, 0.5) is 0 Å². The summed E-state index contributed by atoms with van der Waals surface area (Å²) in [6.07, 6.45) is 8.21. The minimum atomic E-state index is 0.320. The van der Waals surface area contributed by atoms with E-state index in [4.69, 9.17) is 9.47 Å². The summed E-state index contributed by atoms with van der Waals surface area (Å²) in [5, 5.41) is 0. The summed E-state index contributed by atoms with van der Waals surface area (Å²) in [4.78, 5) is 11.0. The fraction of sp³-hybridized carbons (Fsp3) is 1.00. The van der Waals surface area contributed by atoms with Crippen LogP contribution in [0, 0.1) is 16.7 Å². The average Bonchev–Trinajstić information content (AvgIpc) is 2.72. The highest BCUT2D eigenvalue weighted by molar-refractivity contribution is 5.06. The molecule has 0 amide bonds. The van der Waals surface area contributed by atoms with Crippen molar-refractivity contribution in [1.29, 1.82) is 0 Å². The largest absolute Gasteiger partial charge is 0.381 e. The molecule has 6 rings (SSSR count). The fourth-order valence-corrected chi connectivity index (χ4v) is 7.71. The third-order valence-corrected chi connectivity index (χ3v) is 11.3. The Morgan fingerprint density at radius 2 is 1.11 bits per heavy atom. The predicted octanol–water partition coefficient (Wildman–Crippen LogP) is 3.16. The average molecular weight is 489 g/mol. The molecule has 0 aliphatic carbocycles. The van der Waals surface area contributed by atoms with Gasteiger partial charge in [0.1, 0.15) is 0 Å². The Kier molecular flexibility index (Phi) is 6.59. The fourth-order valence-electron chi connectivity index (χ4n) is 7.71. The monoisotopic (exact) mass is 488 g/mol. The van der Waals surface area contributed by atoms with Gasteiger partial charge in [0.25, 0.3) is 0 Å². The van der Waals surface area contributed by atoms with Crippen LogP contribution < -0.4 is 0 Å². The van der Waals surface area contributed by atoms with E-state index < -0.39 is 0 Å². The van der Waals surface area contributed by atoms with Crippen molar-refractivity contribution >= 4 is 0 Å². The van der Waals surface area contributed by atoms with Gasteiger partial charge in [-0.2, -0.15) is 0 Å². The molecule has 0 bridgehead atoms. The van der Waals surface area contributed by atoms with E-state index in [1.54, 1.807) is 0 Å². The SMILES string of the molecule is CC(C)(CCC(C)(C)N1CC2(CCN(C3COC3)CC2)C1)N1CC2(CCN(CC3COC3)CC2)C1. The number of hydrogen-bond acceptors (Lipinski definition) is 6. The maximum absolute atomic E-state index is 5.42. The van der Waals surface area contributed by atoms with Crippen molar-refractivity contribution in [2.45, 2.75) is 83.3 Å². The van der Waals surface area contributed by atoms with Gasteiger partial charge in [-0.1, -0.05) is 0 Å². The molecule has 6 heteroatoms. The van der Waals surface area contributed by atoms with Crippen molar-refractivity contribution in [3.8, 4) is 0 Å². The molecule has 2 spiro atoms. The summed E-state index contributed by atoms with van der Waals surface area (Å²) in [5.41, 5.74) is 1.87. The highest BCUT2D eigenvalue weighted by Crippen LogP contribution is 2.47. The lowest BCUT2D eigenvalue weighted by molar-refractivity contribution is -0.131. The summed E-state index contributed by atoms with van der Waals surface area (Å²) >= 11 is 0. The molecule has 200 valence electrons. The van der Waals surface area contributed by atoms with E-state index in [1.165, 1.54) is 97.4 Å². The van der Waals surface area contributed by atoms with Crippen LogP contribution in [0.5, 0.6) is 0 Å². The molecule has 6 heterocycles. The first-order valence-corrected chi connectivity index (χ1v) is 14.8. The molecule has 0 unspecified atom stereocenters. The first-order valence-electron chi connectivity index (χ1n) is 14.8. The summed E-state index contributed by atoms with van der Waals surface area (Å²) in [5.74, 6) is 0.806. The molecule has 6 saturated heterocycles. The lowest BCUT2D eigenvalue weighted by atomic mass is 9.68. The summed E-state index contributed by atoms with van der Waals surface area (Å²) < 4.78 is 10.8. The van der Waals surface area contributed by atoms with E-state index in [0.717, 1.165) is 38.4 Å². The van der Waals surface area contributed by atoms with Crippen molar-refractivity contribution < 1.29 is 9.47 Å². The van der Waals surface area contributed by atoms with Crippen LogP contribution in [-0.4, -0.2) is 122 Å². The predicted molar refractivity (Wildman–Crippen MR) is 141 cm³/mol. The van der Waals surface area contributed by atoms with Crippen molar-refractivity contribution in [2.75, 3.05) is 85.3 Å². The zero-order valence-electron chi connectivity index (χ0n) is 23.2. The third kappa shape index (κ3) is 4.97. The quantitative estimate of drug-likeness (QED) is 0.522. The molecule has 35 heavy (non-hydrogen) atoms. The van der Waals surface area contributed by atoms with Crippen LogP contribution in [0.2, 0.25) is 0 Å². The van der Waals surface area contributed by atoms with Gasteiger partial charge in [-0.05, 0) is 103 Å². The molecule has 6 nitrogen and oxygen atoms in total. The molecular weight excluding hydrogens is 436 g/mol. The van der Waals surface area contributed by atoms with Crippen molar-refractivity contribution in [3.05, 3.63) is 0 Å². The summed E-state index contributed by atoms with van der Waals surface area (Å²) in [6, 6.07) is 0.720. The Labute approximate surface area is 214 Å². The third-order valence-electron chi connectivity index (χ3n) is 11.3. The van der Waals surface area contributed by atoms with Crippen LogP contribution in [-0.2, 0) is 9.47 Å². The van der Waals surface area contributed by atoms with E-state index in [-0.39, 0.29) is 0 Å². The van der Waals surface area contributed by atoms with Crippen LogP contribution in [0.1, 0.15) is 66.2 Å². The van der Waals surface area contributed by atoms with E-state index in [1.807, 2.05) is 0 Å². The number of rotatable bonds is 8. The van der Waals surface area contributed by atoms with Gasteiger partial charge in [-0.25, -0.2) is 0 Å². The van der Waals surface area contributed by atoms with E-state index >= 15 is 0 Å². The van der Waals surface area contributed by atoms with Crippen molar-refractivity contribution in [3.63, 3.8) is 0 Å². The van der Waals surface area contributed by atoms with Crippen LogP contribution in [0.15, 0.2) is 0 Å². The Bertz CT molecular complexity index is 730. The number of likely N-dealkylation sites (tertiary alicyclic amines) is 4. The first-order chi connectivity index (χ1) is 16.7. The minimum absolute atomic E-state index is 0.320. The molecule has 0 aromatic carbocycles. The lowest BCUT2D eigenvalue weighted by Gasteiger charge is -2.61. The summed E-state index contributed by atoms with van der Waals surface area (Å²) in [6.45, 7) is 25.7. The second kappa shape index (κ2) is 9.20. The number of hydrogen-bond donors (Lipinski definition) is 0. The van der Waals surface area contributed by atoms with E-state index in [2.05, 4.69) is 47.3 Å². The number of nitrogens with zero attached hydrogens (tertiary/aromatic N) is 4. The maximum Gasteiger partial charge on any atom is 0.0645 e. The Hall–Kier alpha value is -0.240. The van der Waals surface area contributed by atoms with Gasteiger partial charge in [-0.3, -0.25) is 14.7 Å². The molecule has 6 fully saturated rings. The molecule has 6 aliphatic heterocycles. The second-order valence-electron chi connectivity index (χ2n) is 14.8. The van der Waals surface area contributed by atoms with Gasteiger partial charge >= 0.3 is 0 Å². The molecule has 0 atom stereocenters. The Morgan fingerprint density at radius 3 is 1.51 bits per heavy atom. The highest BCUT2D eigenvalue weighted by Gasteiger charge is 2.52. The van der Waals surface area contributed by atoms with E-state index in [9.17, 15) is 0 Å². The topological polar surface area (TPSA) is 31.4 Å². The minimum Gasteiger partial charge on any atom is -0.381 e. The molecule has 0 radical (unpaired) electrons. The molecular formula is C29H52N4O2. The maximum atomic E-state index is 5.42. The zero-order valence-corrected chi connectivity index (χ0v) is 23.2. The van der Waals surface area contributed by atoms with Crippen LogP contribution in [0.3, 0.4) is 0 Å². The van der Waals surface area contributed by atoms with Gasteiger partial charge in [0, 0.05) is 49.7 Å². The molecule has 0 saturated carbocycles. The van der Waals surface area contributed by atoms with Crippen LogP contribution in [0.25, 0.3) is 0 Å². The molecule has 6 aliphatic rings. The second-order valence-corrected chi connectivity index (χ2v) is 14.8. The van der Waals surface area contributed by atoms with Gasteiger partial charge in [0.2, 0.25) is 0 Å². The van der Waals surface area contributed by atoms with Crippen molar-refractivity contribution in [2.24, 2.45) is 16.7 Å². The van der Waals surface area contributed by atoms with Gasteiger partial charge in [0.15, 0.2) is 0 Å². The van der Waals surface area contributed by atoms with Gasteiger partial charge in [0.05, 0.1) is 32.5 Å². The Balaban J connectivity index is 0.918. The van der Waals surface area contributed by atoms with Crippen LogP contribution >= 0.6 is 0 Å². The van der Waals surface area contributed by atoms with E-state index in [0.29, 0.717) is 21.9 Å². The van der Waals surface area contributed by atoms with Gasteiger partial charge < -0.3 is 14.4 Å². The first kappa shape index (κ1) is 25.1. The highest BCUT2D eigenvalue weighted by atomic mass is 16.5. The molecule has 0 N–H and O–H groups in total. The normalized spacial score (nSPS) is 31.2. The standard InChI is InChI=1S/C29H52N4O2/c1-26(2,32-20-28(21-32)7-11-30(12-8-28)15-24-16-34-17-24)5-6-27(3,4)33-22-29(23-33)9-13-31(14-10-29)25-18-35-19-25/h24-25H,5-23H2,1-4H3. The lowest BCUT2D eigenvalue weighted by Crippen LogP contribution is -2.68. The molecule has 0 aromatic rings. The van der Waals surface area contributed by atoms with Crippen molar-refractivity contribution in [1.82, 2.24) is 19.6 Å².